The van der Waals surface area contributed by atoms with Gasteiger partial charge >= 0.3 is 0 Å². The van der Waals surface area contributed by atoms with Gasteiger partial charge in [0, 0.05) is 30.4 Å². The molecule has 0 bridgehead atoms. The van der Waals surface area contributed by atoms with Crippen LogP contribution in [0, 0.1) is 13.8 Å². The lowest BCUT2D eigenvalue weighted by atomic mass is 10.2. The van der Waals surface area contributed by atoms with Crippen molar-refractivity contribution in [2.45, 2.75) is 32.1 Å². The molecule has 3 aromatic heterocycles. The number of aryl methyl sites for hydroxylation is 2. The van der Waals surface area contributed by atoms with Gasteiger partial charge in [-0.1, -0.05) is 6.07 Å². The number of aliphatic hydroxyl groups excluding tert-OH is 1. The molecule has 12 nitrogen and oxygen atoms in total. The molecule has 13 heteroatoms. The predicted octanol–water partition coefficient (Wildman–Crippen LogP) is 2.62. The van der Waals surface area contributed by atoms with Gasteiger partial charge in [-0.2, -0.15) is 0 Å². The highest BCUT2D eigenvalue weighted by atomic mass is 32.2. The van der Waals surface area contributed by atoms with Crippen molar-refractivity contribution in [3.8, 4) is 28.6 Å². The van der Waals surface area contributed by atoms with E-state index >= 15 is 0 Å². The molecule has 0 aliphatic carbocycles. The maximum absolute atomic E-state index is 13.4. The molecule has 0 spiro atoms. The zero-order valence-corrected chi connectivity index (χ0v) is 21.8. The number of pyridine rings is 1. The molecule has 0 saturated carbocycles. The van der Waals surface area contributed by atoms with Crippen molar-refractivity contribution >= 4 is 16.0 Å². The summed E-state index contributed by atoms with van der Waals surface area (Å²) in [6, 6.07) is 6.99. The van der Waals surface area contributed by atoms with Gasteiger partial charge in [-0.15, -0.1) is 10.2 Å². The van der Waals surface area contributed by atoms with Crippen LogP contribution in [0.25, 0.3) is 17.1 Å². The van der Waals surface area contributed by atoms with Crippen LogP contribution in [0.15, 0.2) is 49.1 Å². The number of ether oxygens (including phenoxy) is 2. The van der Waals surface area contributed by atoms with Crippen LogP contribution in [-0.2, 0) is 10.0 Å². The molecule has 0 aliphatic rings. The summed E-state index contributed by atoms with van der Waals surface area (Å²) in [6.45, 7) is 5.02. The van der Waals surface area contributed by atoms with Crippen LogP contribution >= 0.6 is 0 Å². The van der Waals surface area contributed by atoms with E-state index in [0.29, 0.717) is 28.6 Å². The lowest BCUT2D eigenvalue weighted by molar-refractivity contribution is 0.166. The Morgan fingerprint density at radius 1 is 0.973 bits per heavy atom. The van der Waals surface area contributed by atoms with Crippen LogP contribution < -0.4 is 14.2 Å². The normalized spacial score (nSPS) is 13.1. The van der Waals surface area contributed by atoms with E-state index in [4.69, 9.17) is 9.47 Å². The third-order valence-electron chi connectivity index (χ3n) is 5.65. The highest BCUT2D eigenvalue weighted by molar-refractivity contribution is 7.93. The molecule has 1 aromatic carbocycles. The first-order valence-corrected chi connectivity index (χ1v) is 12.8. The fourth-order valence-electron chi connectivity index (χ4n) is 3.63. The van der Waals surface area contributed by atoms with Crippen molar-refractivity contribution in [1.82, 2.24) is 29.7 Å². The topological polar surface area (TPSA) is 154 Å². The molecule has 0 fully saturated rings. The Morgan fingerprint density at radius 2 is 1.62 bits per heavy atom. The number of benzene rings is 1. The van der Waals surface area contributed by atoms with Crippen molar-refractivity contribution in [2.75, 3.05) is 18.9 Å². The van der Waals surface area contributed by atoms with E-state index in [1.165, 1.54) is 38.1 Å². The highest BCUT2D eigenvalue weighted by Crippen LogP contribution is 2.38. The third-order valence-corrected chi connectivity index (χ3v) is 7.36. The van der Waals surface area contributed by atoms with Gasteiger partial charge in [-0.3, -0.25) is 14.3 Å². The van der Waals surface area contributed by atoms with Gasteiger partial charge in [0.25, 0.3) is 0 Å². The van der Waals surface area contributed by atoms with Gasteiger partial charge in [0.1, 0.15) is 28.5 Å². The molecule has 1 unspecified atom stereocenters. The van der Waals surface area contributed by atoms with E-state index in [0.717, 1.165) is 11.1 Å². The van der Waals surface area contributed by atoms with Gasteiger partial charge in [0.15, 0.2) is 11.6 Å². The van der Waals surface area contributed by atoms with E-state index in [9.17, 15) is 13.5 Å². The molecule has 0 aliphatic heterocycles. The van der Waals surface area contributed by atoms with Gasteiger partial charge in [0.2, 0.25) is 16.0 Å². The number of para-hydroxylation sites is 1. The second-order valence-electron chi connectivity index (χ2n) is 8.36. The summed E-state index contributed by atoms with van der Waals surface area (Å²) < 4.78 is 41.8. The fraction of sp³-hybridized carbons (Fsp3) is 0.292. The zero-order chi connectivity index (χ0) is 26.7. The molecule has 2 N–H and O–H groups in total. The summed E-state index contributed by atoms with van der Waals surface area (Å²) in [5.74, 6) is 0.933. The van der Waals surface area contributed by atoms with Gasteiger partial charge in [-0.05, 0) is 50.1 Å². The Labute approximate surface area is 214 Å². The van der Waals surface area contributed by atoms with Crippen molar-refractivity contribution in [2.24, 2.45) is 0 Å². The van der Waals surface area contributed by atoms with Crippen LogP contribution in [-0.4, -0.2) is 62.7 Å². The minimum absolute atomic E-state index is 0.0112. The van der Waals surface area contributed by atoms with Gasteiger partial charge < -0.3 is 14.6 Å². The van der Waals surface area contributed by atoms with Crippen LogP contribution in [0.5, 0.6) is 11.5 Å². The second-order valence-corrected chi connectivity index (χ2v) is 10.4. The smallest absolute Gasteiger partial charge is 0.243 e. The van der Waals surface area contributed by atoms with Crippen molar-refractivity contribution in [3.05, 3.63) is 66.0 Å². The van der Waals surface area contributed by atoms with Crippen molar-refractivity contribution in [1.29, 1.82) is 0 Å². The lowest BCUT2D eigenvalue weighted by Gasteiger charge is -2.21. The quantitative estimate of drug-likeness (QED) is 0.333. The maximum atomic E-state index is 13.4. The molecule has 0 radical (unpaired) electrons. The summed E-state index contributed by atoms with van der Waals surface area (Å²) in [6.07, 6.45) is 4.80. The Kier molecular flexibility index (Phi) is 7.36. The van der Waals surface area contributed by atoms with Crippen molar-refractivity contribution in [3.63, 3.8) is 0 Å². The van der Waals surface area contributed by atoms with E-state index in [2.05, 4.69) is 29.9 Å². The average molecular weight is 526 g/mol. The Bertz CT molecular complexity index is 1480. The highest BCUT2D eigenvalue weighted by Gasteiger charge is 2.33. The molecule has 37 heavy (non-hydrogen) atoms. The summed E-state index contributed by atoms with van der Waals surface area (Å²) >= 11 is 0. The monoisotopic (exact) mass is 525 g/mol. The average Bonchev–Trinajstić information content (AvgIpc) is 3.29. The van der Waals surface area contributed by atoms with Crippen molar-refractivity contribution < 1.29 is 23.0 Å². The molecule has 0 saturated heterocycles. The number of aromatic nitrogens is 6. The summed E-state index contributed by atoms with van der Waals surface area (Å²) in [5, 5.41) is 17.8. The first-order chi connectivity index (χ1) is 17.7. The largest absolute Gasteiger partial charge is 0.494 e. The van der Waals surface area contributed by atoms with Gasteiger partial charge in [-0.25, -0.2) is 18.4 Å². The van der Waals surface area contributed by atoms with Crippen LogP contribution in [0.2, 0.25) is 0 Å². The number of anilines is 1. The molecule has 3 heterocycles. The SMILES string of the molecule is COc1cccc(OC)c1-n1c(NS(=O)(=O)C(C)[C@@H](O)c2ncc(C)cn2)nnc1-c1cncc(C)c1. The summed E-state index contributed by atoms with van der Waals surface area (Å²) in [5.41, 5.74) is 2.62. The standard InChI is InChI=1S/C24H27N7O5S/c1-14-9-17(13-25-10-14)23-28-29-24(31(23)20-18(35-4)7-6-8-19(20)36-5)30-37(33,34)16(3)21(32)22-26-11-15(2)12-27-22/h6-13,16,21,32H,1-5H3,(H,29,30)/t16?,21-/m1/s1. The van der Waals surface area contributed by atoms with Gasteiger partial charge in [0.05, 0.1) is 14.2 Å². The Hall–Kier alpha value is -4.10. The van der Waals surface area contributed by atoms with Crippen LogP contribution in [0.3, 0.4) is 0 Å². The number of hydrogen-bond donors (Lipinski definition) is 2. The molecule has 4 aromatic rings. The molecule has 194 valence electrons. The minimum Gasteiger partial charge on any atom is -0.494 e. The fourth-order valence-corrected chi connectivity index (χ4v) is 4.67. The Balaban J connectivity index is 1.83. The molecular weight excluding hydrogens is 498 g/mol. The Morgan fingerprint density at radius 3 is 2.22 bits per heavy atom. The molecule has 2 atom stereocenters. The molecule has 4 rings (SSSR count). The zero-order valence-electron chi connectivity index (χ0n) is 20.9. The van der Waals surface area contributed by atoms with E-state index in [-0.39, 0.29) is 11.8 Å². The van der Waals surface area contributed by atoms with Crippen LogP contribution in [0.4, 0.5) is 5.95 Å². The van der Waals surface area contributed by atoms with E-state index in [1.807, 2.05) is 13.0 Å². The van der Waals surface area contributed by atoms with E-state index in [1.54, 1.807) is 37.5 Å². The first-order valence-electron chi connectivity index (χ1n) is 11.2. The third kappa shape index (κ3) is 5.22. The minimum atomic E-state index is -4.22. The second kappa shape index (κ2) is 10.5. The number of rotatable bonds is 9. The molecule has 0 amide bonds. The summed E-state index contributed by atoms with van der Waals surface area (Å²) in [7, 11) is -1.25. The molecular formula is C24H27N7O5S. The number of nitrogens with zero attached hydrogens (tertiary/aromatic N) is 6. The number of hydrogen-bond acceptors (Lipinski definition) is 10. The number of aliphatic hydroxyl groups is 1. The maximum Gasteiger partial charge on any atom is 0.243 e. The first kappa shape index (κ1) is 26.0. The lowest BCUT2D eigenvalue weighted by Crippen LogP contribution is -2.32. The van der Waals surface area contributed by atoms with E-state index < -0.39 is 21.4 Å². The predicted molar refractivity (Wildman–Crippen MR) is 136 cm³/mol. The number of sulfonamides is 1. The van der Waals surface area contributed by atoms with Crippen LogP contribution in [0.1, 0.15) is 30.0 Å². The number of nitrogens with one attached hydrogen (secondary N) is 1. The summed E-state index contributed by atoms with van der Waals surface area (Å²) in [4.78, 5) is 12.3. The number of methoxy groups -OCH3 is 2.